The number of alkyl halides is 3. The average molecular weight is 359 g/mol. The lowest BCUT2D eigenvalue weighted by Gasteiger charge is -2.57. The van der Waals surface area contributed by atoms with Gasteiger partial charge in [-0.2, -0.15) is 13.2 Å². The highest BCUT2D eigenvalue weighted by molar-refractivity contribution is 6.00. The van der Waals surface area contributed by atoms with Gasteiger partial charge in [0.25, 0.3) is 0 Å². The normalized spacial score (nSPS) is 25.4. The lowest BCUT2D eigenvalue weighted by Crippen LogP contribution is -2.74. The fourth-order valence-electron chi connectivity index (χ4n) is 3.11. The van der Waals surface area contributed by atoms with Crippen molar-refractivity contribution in [2.24, 2.45) is 16.9 Å². The molecule has 0 bridgehead atoms. The molecule has 1 aliphatic carbocycles. The van der Waals surface area contributed by atoms with E-state index in [0.717, 1.165) is 12.1 Å². The topological polar surface area (TPSA) is 90.4 Å². The Morgan fingerprint density at radius 3 is 2.48 bits per heavy atom. The van der Waals surface area contributed by atoms with Crippen LogP contribution in [0, 0.1) is 5.41 Å². The summed E-state index contributed by atoms with van der Waals surface area (Å²) in [4.78, 5) is 12.6. The maximum absolute atomic E-state index is 13.0. The van der Waals surface area contributed by atoms with Gasteiger partial charge >= 0.3 is 6.18 Å². The summed E-state index contributed by atoms with van der Waals surface area (Å²) in [6.07, 6.45) is -4.39. The number of carbonyl (C=O) groups excluding carboxylic acids is 1. The van der Waals surface area contributed by atoms with Crippen molar-refractivity contribution in [1.29, 1.82) is 0 Å². The molecule has 8 heteroatoms. The number of ether oxygens (including phenoxy) is 1. The molecule has 1 aromatic carbocycles. The van der Waals surface area contributed by atoms with E-state index in [0.29, 0.717) is 13.0 Å². The van der Waals surface area contributed by atoms with Crippen LogP contribution in [0.15, 0.2) is 18.2 Å². The van der Waals surface area contributed by atoms with Gasteiger partial charge in [0.1, 0.15) is 5.54 Å². The van der Waals surface area contributed by atoms with Crippen molar-refractivity contribution >= 4 is 11.6 Å². The lowest BCUT2D eigenvalue weighted by atomic mass is 9.54. The van der Waals surface area contributed by atoms with E-state index in [1.54, 1.807) is 0 Å². The zero-order chi connectivity index (χ0) is 19.0. The first-order valence-corrected chi connectivity index (χ1v) is 8.09. The van der Waals surface area contributed by atoms with Crippen molar-refractivity contribution < 1.29 is 22.7 Å². The van der Waals surface area contributed by atoms with Gasteiger partial charge in [-0.25, -0.2) is 0 Å². The van der Waals surface area contributed by atoms with Crippen LogP contribution in [0.2, 0.25) is 0 Å². The molecule has 2 rings (SSSR count). The summed E-state index contributed by atoms with van der Waals surface area (Å²) in [5.41, 5.74) is 9.29. The Labute approximate surface area is 144 Å². The van der Waals surface area contributed by atoms with Crippen LogP contribution in [0.5, 0.6) is 0 Å². The highest BCUT2D eigenvalue weighted by Gasteiger charge is 2.62. The second kappa shape index (κ2) is 6.59. The highest BCUT2D eigenvalue weighted by atomic mass is 19.4. The Morgan fingerprint density at radius 1 is 1.36 bits per heavy atom. The first kappa shape index (κ1) is 19.7. The summed E-state index contributed by atoms with van der Waals surface area (Å²) >= 11 is 0. The van der Waals surface area contributed by atoms with Gasteiger partial charge in [0.2, 0.25) is 5.91 Å². The fourth-order valence-corrected chi connectivity index (χ4v) is 3.11. The lowest BCUT2D eigenvalue weighted by molar-refractivity contribution is -0.166. The molecule has 1 saturated carbocycles. The number of hydrogen-bond acceptors (Lipinski definition) is 4. The SMILES string of the molecule is CCOC1CC(N)(C(=O)Nc2cc(CN)cc(C(F)(F)F)c2)C1(C)C. The summed E-state index contributed by atoms with van der Waals surface area (Å²) < 4.78 is 44.6. The zero-order valence-corrected chi connectivity index (χ0v) is 14.5. The third kappa shape index (κ3) is 3.51. The number of hydrogen-bond donors (Lipinski definition) is 3. The Bertz CT molecular complexity index is 661. The summed E-state index contributed by atoms with van der Waals surface area (Å²) in [6.45, 7) is 5.91. The smallest absolute Gasteiger partial charge is 0.378 e. The molecule has 2 unspecified atom stereocenters. The molecule has 0 aromatic heterocycles. The second-order valence-corrected chi connectivity index (χ2v) is 6.92. The molecule has 0 saturated heterocycles. The molecular formula is C17H24F3N3O2. The van der Waals surface area contributed by atoms with Gasteiger partial charge in [0.05, 0.1) is 11.7 Å². The van der Waals surface area contributed by atoms with Crippen molar-refractivity contribution in [1.82, 2.24) is 0 Å². The van der Waals surface area contributed by atoms with Gasteiger partial charge in [-0.05, 0) is 30.7 Å². The molecule has 0 aliphatic heterocycles. The minimum Gasteiger partial charge on any atom is -0.378 e. The number of halogens is 3. The van der Waals surface area contributed by atoms with Crippen LogP contribution in [0.4, 0.5) is 18.9 Å². The van der Waals surface area contributed by atoms with E-state index in [9.17, 15) is 18.0 Å². The molecule has 1 fully saturated rings. The molecule has 1 aliphatic rings. The third-order valence-electron chi connectivity index (χ3n) is 5.05. The van der Waals surface area contributed by atoms with E-state index in [1.165, 1.54) is 6.07 Å². The van der Waals surface area contributed by atoms with Gasteiger partial charge in [-0.1, -0.05) is 13.8 Å². The van der Waals surface area contributed by atoms with E-state index in [4.69, 9.17) is 16.2 Å². The second-order valence-electron chi connectivity index (χ2n) is 6.92. The van der Waals surface area contributed by atoms with E-state index in [1.807, 2.05) is 20.8 Å². The van der Waals surface area contributed by atoms with Crippen molar-refractivity contribution in [3.8, 4) is 0 Å². The van der Waals surface area contributed by atoms with Crippen LogP contribution in [0.1, 0.15) is 38.3 Å². The van der Waals surface area contributed by atoms with E-state index in [-0.39, 0.29) is 23.9 Å². The Hall–Kier alpha value is -1.64. The van der Waals surface area contributed by atoms with Crippen LogP contribution >= 0.6 is 0 Å². The molecular weight excluding hydrogens is 335 g/mol. The van der Waals surface area contributed by atoms with Crippen molar-refractivity contribution in [3.63, 3.8) is 0 Å². The summed E-state index contributed by atoms with van der Waals surface area (Å²) in [5.74, 6) is -0.532. The molecule has 5 N–H and O–H groups in total. The third-order valence-corrected chi connectivity index (χ3v) is 5.05. The monoisotopic (exact) mass is 359 g/mol. The number of amides is 1. The van der Waals surface area contributed by atoms with E-state index >= 15 is 0 Å². The number of nitrogens with two attached hydrogens (primary N) is 2. The first-order valence-electron chi connectivity index (χ1n) is 8.09. The van der Waals surface area contributed by atoms with Crippen LogP contribution in [0.25, 0.3) is 0 Å². The van der Waals surface area contributed by atoms with Crippen LogP contribution in [0.3, 0.4) is 0 Å². The van der Waals surface area contributed by atoms with Crippen molar-refractivity contribution in [3.05, 3.63) is 29.3 Å². The number of rotatable bonds is 5. The predicted molar refractivity (Wildman–Crippen MR) is 88.7 cm³/mol. The Balaban J connectivity index is 2.24. The largest absolute Gasteiger partial charge is 0.416 e. The van der Waals surface area contributed by atoms with Gasteiger partial charge in [-0.3, -0.25) is 4.79 Å². The van der Waals surface area contributed by atoms with E-state index < -0.39 is 28.6 Å². The van der Waals surface area contributed by atoms with E-state index in [2.05, 4.69) is 5.32 Å². The maximum atomic E-state index is 13.0. The molecule has 140 valence electrons. The number of carbonyl (C=O) groups is 1. The van der Waals surface area contributed by atoms with Gasteiger partial charge in [0.15, 0.2) is 0 Å². The highest BCUT2D eigenvalue weighted by Crippen LogP contribution is 2.50. The molecule has 5 nitrogen and oxygen atoms in total. The molecule has 0 radical (unpaired) electrons. The Kier molecular flexibility index (Phi) is 5.18. The van der Waals surface area contributed by atoms with Crippen LogP contribution in [-0.4, -0.2) is 24.2 Å². The minimum atomic E-state index is -4.53. The van der Waals surface area contributed by atoms with Gasteiger partial charge < -0.3 is 21.5 Å². The quantitative estimate of drug-likeness (QED) is 0.754. The van der Waals surface area contributed by atoms with Crippen molar-refractivity contribution in [2.75, 3.05) is 11.9 Å². The molecule has 0 spiro atoms. The number of benzene rings is 1. The van der Waals surface area contributed by atoms with Gasteiger partial charge in [-0.15, -0.1) is 0 Å². The minimum absolute atomic E-state index is 0.0285. The summed E-state index contributed by atoms with van der Waals surface area (Å²) in [6, 6.07) is 3.26. The summed E-state index contributed by atoms with van der Waals surface area (Å²) in [7, 11) is 0. The Morgan fingerprint density at radius 2 is 2.00 bits per heavy atom. The molecule has 25 heavy (non-hydrogen) atoms. The molecule has 0 heterocycles. The molecule has 1 amide bonds. The first-order chi connectivity index (χ1) is 11.5. The summed E-state index contributed by atoms with van der Waals surface area (Å²) in [5, 5.41) is 2.51. The number of nitrogens with one attached hydrogen (secondary N) is 1. The van der Waals surface area contributed by atoms with Crippen LogP contribution in [-0.2, 0) is 22.3 Å². The van der Waals surface area contributed by atoms with Gasteiger partial charge in [0, 0.05) is 30.7 Å². The molecule has 2 atom stereocenters. The molecule has 1 aromatic rings. The standard InChI is InChI=1S/C17H24F3N3O2/c1-4-25-13-8-16(22,15(13,2)3)14(24)23-12-6-10(9-21)5-11(7-12)17(18,19)20/h5-7,13H,4,8-9,21-22H2,1-3H3,(H,23,24). The predicted octanol–water partition coefficient (Wildman–Crippen LogP) is 2.64. The van der Waals surface area contributed by atoms with Crippen molar-refractivity contribution in [2.45, 2.75) is 51.6 Å². The van der Waals surface area contributed by atoms with Crippen LogP contribution < -0.4 is 16.8 Å². The zero-order valence-electron chi connectivity index (χ0n) is 14.5. The number of anilines is 1. The fraction of sp³-hybridized carbons (Fsp3) is 0.588. The maximum Gasteiger partial charge on any atom is 0.416 e. The average Bonchev–Trinajstić information content (AvgIpc) is 2.53.